The van der Waals surface area contributed by atoms with E-state index in [1.807, 2.05) is 24.3 Å². The quantitative estimate of drug-likeness (QED) is 0.489. The molecule has 1 aromatic rings. The number of unbranched alkanes of at least 4 members (excludes halogenated alkanes) is 2. The molecule has 1 rings (SSSR count). The molecule has 6 nitrogen and oxygen atoms in total. The summed E-state index contributed by atoms with van der Waals surface area (Å²) in [5.41, 5.74) is 1.88. The van der Waals surface area contributed by atoms with Crippen molar-refractivity contribution in [1.82, 2.24) is 4.72 Å². The normalized spacial score (nSPS) is 12.0. The maximum atomic E-state index is 11.9. The fourth-order valence-electron chi connectivity index (χ4n) is 2.11. The van der Waals surface area contributed by atoms with Gasteiger partial charge in [0.05, 0.1) is 18.3 Å². The lowest BCUT2D eigenvalue weighted by Gasteiger charge is -2.19. The third-order valence-electron chi connectivity index (χ3n) is 3.78. The van der Waals surface area contributed by atoms with Gasteiger partial charge in [0.15, 0.2) is 0 Å². The minimum atomic E-state index is -3.25. The Balaban J connectivity index is 2.24. The number of carbonyl (C=O) groups is 1. The smallest absolute Gasteiger partial charge is 0.309 e. The van der Waals surface area contributed by atoms with Crippen LogP contribution in [0, 0.1) is 0 Å². The van der Waals surface area contributed by atoms with Gasteiger partial charge < -0.3 is 10.1 Å². The first-order valence-electron chi connectivity index (χ1n) is 8.54. The summed E-state index contributed by atoms with van der Waals surface area (Å²) in [4.78, 5) is 11.3. The van der Waals surface area contributed by atoms with Gasteiger partial charge in [-0.3, -0.25) is 4.79 Å². The van der Waals surface area contributed by atoms with Crippen LogP contribution in [0.25, 0.3) is 0 Å². The predicted octanol–water partition coefficient (Wildman–Crippen LogP) is 2.70. The number of ether oxygens (including phenoxy) is 1. The first kappa shape index (κ1) is 21.4. The molecular formula is C18H30N2O4S. The van der Waals surface area contributed by atoms with E-state index in [4.69, 9.17) is 0 Å². The van der Waals surface area contributed by atoms with E-state index in [1.165, 1.54) is 7.11 Å². The number of hydrogen-bond donors (Lipinski definition) is 2. The SMILES string of the molecule is COC(=O)Cc1cccc(NCCCCCNS(=O)(=O)C(C)(C)C)c1. The molecule has 0 amide bonds. The highest BCUT2D eigenvalue weighted by Gasteiger charge is 2.27. The van der Waals surface area contributed by atoms with Crippen LogP contribution in [0.5, 0.6) is 0 Å². The van der Waals surface area contributed by atoms with E-state index in [0.717, 1.165) is 37.1 Å². The fourth-order valence-corrected chi connectivity index (χ4v) is 2.96. The number of esters is 1. The number of anilines is 1. The van der Waals surface area contributed by atoms with E-state index in [2.05, 4.69) is 14.8 Å². The predicted molar refractivity (Wildman–Crippen MR) is 101 cm³/mol. The highest BCUT2D eigenvalue weighted by Crippen LogP contribution is 2.14. The van der Waals surface area contributed by atoms with E-state index in [9.17, 15) is 13.2 Å². The maximum absolute atomic E-state index is 11.9. The Labute approximate surface area is 151 Å². The van der Waals surface area contributed by atoms with E-state index < -0.39 is 14.8 Å². The molecule has 0 aliphatic heterocycles. The lowest BCUT2D eigenvalue weighted by molar-refractivity contribution is -0.139. The third kappa shape index (κ3) is 7.88. The summed E-state index contributed by atoms with van der Waals surface area (Å²) in [5, 5.41) is 3.32. The van der Waals surface area contributed by atoms with E-state index in [0.29, 0.717) is 6.54 Å². The van der Waals surface area contributed by atoms with Crippen molar-refractivity contribution in [2.24, 2.45) is 0 Å². The molecule has 0 aliphatic carbocycles. The molecule has 0 unspecified atom stereocenters. The van der Waals surface area contributed by atoms with Gasteiger partial charge in [0, 0.05) is 18.8 Å². The van der Waals surface area contributed by atoms with Gasteiger partial charge in [-0.2, -0.15) is 0 Å². The van der Waals surface area contributed by atoms with Crippen molar-refractivity contribution in [2.75, 3.05) is 25.5 Å². The maximum Gasteiger partial charge on any atom is 0.309 e. The lowest BCUT2D eigenvalue weighted by Crippen LogP contribution is -2.39. The number of hydrogen-bond acceptors (Lipinski definition) is 5. The minimum Gasteiger partial charge on any atom is -0.469 e. The molecule has 7 heteroatoms. The van der Waals surface area contributed by atoms with Gasteiger partial charge in [-0.15, -0.1) is 0 Å². The summed E-state index contributed by atoms with van der Waals surface area (Å²) >= 11 is 0. The Morgan fingerprint density at radius 1 is 1.12 bits per heavy atom. The number of carbonyl (C=O) groups excluding carboxylic acids is 1. The van der Waals surface area contributed by atoms with Crippen molar-refractivity contribution < 1.29 is 17.9 Å². The summed E-state index contributed by atoms with van der Waals surface area (Å²) in [6, 6.07) is 7.69. The molecule has 142 valence electrons. The number of methoxy groups -OCH3 is 1. The second-order valence-electron chi connectivity index (χ2n) is 6.95. The van der Waals surface area contributed by atoms with Gasteiger partial charge in [-0.1, -0.05) is 18.6 Å². The van der Waals surface area contributed by atoms with E-state index in [1.54, 1.807) is 20.8 Å². The van der Waals surface area contributed by atoms with Crippen LogP contribution in [0.1, 0.15) is 45.6 Å². The Morgan fingerprint density at radius 2 is 1.80 bits per heavy atom. The van der Waals surface area contributed by atoms with E-state index in [-0.39, 0.29) is 12.4 Å². The van der Waals surface area contributed by atoms with Crippen LogP contribution in [0.4, 0.5) is 5.69 Å². The molecule has 0 radical (unpaired) electrons. The van der Waals surface area contributed by atoms with Crippen molar-refractivity contribution in [3.05, 3.63) is 29.8 Å². The van der Waals surface area contributed by atoms with Gasteiger partial charge in [0.2, 0.25) is 10.0 Å². The molecule has 2 N–H and O–H groups in total. The standard InChI is InChI=1S/C18H30N2O4S/c1-18(2,3)25(22,23)20-12-7-5-6-11-19-16-10-8-9-15(13-16)14-17(21)24-4/h8-10,13,19-20H,5-7,11-12,14H2,1-4H3. The molecule has 0 fully saturated rings. The van der Waals surface area contributed by atoms with Gasteiger partial charge in [-0.05, 0) is 51.3 Å². The van der Waals surface area contributed by atoms with Crippen LogP contribution in [-0.2, 0) is 26.0 Å². The Morgan fingerprint density at radius 3 is 2.44 bits per heavy atom. The summed E-state index contributed by atoms with van der Waals surface area (Å²) in [5.74, 6) is -0.255. The van der Waals surface area contributed by atoms with Crippen LogP contribution < -0.4 is 10.0 Å². The van der Waals surface area contributed by atoms with Crippen molar-refractivity contribution in [3.63, 3.8) is 0 Å². The summed E-state index contributed by atoms with van der Waals surface area (Å²) < 4.78 is 30.3. The van der Waals surface area contributed by atoms with Crippen molar-refractivity contribution in [1.29, 1.82) is 0 Å². The highest BCUT2D eigenvalue weighted by atomic mass is 32.2. The molecule has 0 saturated heterocycles. The van der Waals surface area contributed by atoms with Gasteiger partial charge in [0.25, 0.3) is 0 Å². The van der Waals surface area contributed by atoms with Crippen LogP contribution in [-0.4, -0.2) is 39.3 Å². The highest BCUT2D eigenvalue weighted by molar-refractivity contribution is 7.90. The van der Waals surface area contributed by atoms with Gasteiger partial charge >= 0.3 is 5.97 Å². The first-order chi connectivity index (χ1) is 11.7. The Kier molecular flexibility index (Phi) is 8.38. The molecule has 0 spiro atoms. The Hall–Kier alpha value is -1.60. The van der Waals surface area contributed by atoms with Crippen molar-refractivity contribution >= 4 is 21.7 Å². The third-order valence-corrected chi connectivity index (χ3v) is 5.98. The molecular weight excluding hydrogens is 340 g/mol. The van der Waals surface area contributed by atoms with Crippen LogP contribution in [0.3, 0.4) is 0 Å². The molecule has 25 heavy (non-hydrogen) atoms. The summed E-state index contributed by atoms with van der Waals surface area (Å²) in [7, 11) is -1.87. The molecule has 0 atom stereocenters. The monoisotopic (exact) mass is 370 g/mol. The molecule has 1 aromatic carbocycles. The largest absolute Gasteiger partial charge is 0.469 e. The Bertz CT molecular complexity index is 651. The van der Waals surface area contributed by atoms with Crippen LogP contribution >= 0.6 is 0 Å². The lowest BCUT2D eigenvalue weighted by atomic mass is 10.1. The molecule has 0 heterocycles. The van der Waals surface area contributed by atoms with Crippen molar-refractivity contribution in [2.45, 2.75) is 51.2 Å². The first-order valence-corrected chi connectivity index (χ1v) is 10.0. The average molecular weight is 371 g/mol. The number of nitrogens with one attached hydrogen (secondary N) is 2. The summed E-state index contributed by atoms with van der Waals surface area (Å²) in [6.07, 6.45) is 2.94. The zero-order chi connectivity index (χ0) is 18.9. The van der Waals surface area contributed by atoms with E-state index >= 15 is 0 Å². The second-order valence-corrected chi connectivity index (χ2v) is 9.47. The van der Waals surface area contributed by atoms with Crippen LogP contribution in [0.15, 0.2) is 24.3 Å². The molecule has 0 aliphatic rings. The number of sulfonamides is 1. The molecule has 0 saturated carbocycles. The zero-order valence-corrected chi connectivity index (χ0v) is 16.4. The van der Waals surface area contributed by atoms with Crippen LogP contribution in [0.2, 0.25) is 0 Å². The van der Waals surface area contributed by atoms with Gasteiger partial charge in [0.1, 0.15) is 0 Å². The minimum absolute atomic E-state index is 0.255. The molecule has 0 bridgehead atoms. The second kappa shape index (κ2) is 9.77. The summed E-state index contributed by atoms with van der Waals surface area (Å²) in [6.45, 7) is 6.33. The van der Waals surface area contributed by atoms with Gasteiger partial charge in [-0.25, -0.2) is 13.1 Å². The topological polar surface area (TPSA) is 84.5 Å². The number of rotatable bonds is 10. The fraction of sp³-hybridized carbons (Fsp3) is 0.611. The molecule has 0 aromatic heterocycles. The zero-order valence-electron chi connectivity index (χ0n) is 15.6. The average Bonchev–Trinajstić information content (AvgIpc) is 2.53. The number of benzene rings is 1. The van der Waals surface area contributed by atoms with Crippen molar-refractivity contribution in [3.8, 4) is 0 Å².